The van der Waals surface area contributed by atoms with Crippen molar-refractivity contribution in [3.63, 3.8) is 0 Å². The van der Waals surface area contributed by atoms with Gasteiger partial charge in [0, 0.05) is 37.0 Å². The van der Waals surface area contributed by atoms with Crippen molar-refractivity contribution in [2.45, 2.75) is 38.5 Å². The molecule has 1 aliphatic heterocycles. The summed E-state index contributed by atoms with van der Waals surface area (Å²) in [4.78, 5) is 27.3. The number of amides is 2. The molecule has 1 fully saturated rings. The average Bonchev–Trinajstić information content (AvgIpc) is 3.27. The molecule has 1 N–H and O–H groups in total. The summed E-state index contributed by atoms with van der Waals surface area (Å²) in [7, 11) is 0. The molecule has 1 saturated heterocycles. The van der Waals surface area contributed by atoms with E-state index >= 15 is 0 Å². The molecule has 0 unspecified atom stereocenters. The van der Waals surface area contributed by atoms with Crippen molar-refractivity contribution in [2.75, 3.05) is 18.4 Å². The van der Waals surface area contributed by atoms with E-state index in [0.29, 0.717) is 0 Å². The normalized spacial score (nSPS) is 14.8. The van der Waals surface area contributed by atoms with E-state index in [1.807, 2.05) is 11.0 Å². The number of anilines is 1. The molecule has 2 aliphatic rings. The van der Waals surface area contributed by atoms with Gasteiger partial charge in [-0.05, 0) is 70.2 Å². The Morgan fingerprint density at radius 1 is 0.794 bits per heavy atom. The van der Waals surface area contributed by atoms with E-state index < -0.39 is 0 Å². The molecule has 0 atom stereocenters. The number of hydrogen-bond acceptors (Lipinski definition) is 2. The van der Waals surface area contributed by atoms with E-state index in [-0.39, 0.29) is 24.7 Å². The summed E-state index contributed by atoms with van der Waals surface area (Å²) in [5.74, 6) is -0.00703. The summed E-state index contributed by atoms with van der Waals surface area (Å²) in [6.45, 7) is 1.65. The Hall–Kier alpha value is -3.66. The molecular formula is C30H28N2O2. The predicted molar refractivity (Wildman–Crippen MR) is 138 cm³/mol. The molecule has 4 aromatic carbocycles. The van der Waals surface area contributed by atoms with Crippen LogP contribution in [0.15, 0.2) is 66.7 Å². The molecule has 4 nitrogen and oxygen atoms in total. The lowest BCUT2D eigenvalue weighted by molar-refractivity contribution is -0.133. The molecule has 170 valence electrons. The van der Waals surface area contributed by atoms with Crippen LogP contribution in [0, 0.1) is 0 Å². The molecule has 0 saturated carbocycles. The number of likely N-dealkylation sites (tertiary alicyclic amines) is 1. The zero-order valence-electron chi connectivity index (χ0n) is 19.3. The highest BCUT2D eigenvalue weighted by molar-refractivity contribution is 6.11. The minimum absolute atomic E-state index is 0.0935. The number of fused-ring (bicyclic) bond motifs is 7. The van der Waals surface area contributed by atoms with Crippen molar-refractivity contribution in [2.24, 2.45) is 0 Å². The summed E-state index contributed by atoms with van der Waals surface area (Å²) >= 11 is 0. The van der Waals surface area contributed by atoms with Crippen LogP contribution in [0.3, 0.4) is 0 Å². The molecule has 0 spiro atoms. The average molecular weight is 449 g/mol. The summed E-state index contributed by atoms with van der Waals surface area (Å²) < 4.78 is 0. The van der Waals surface area contributed by atoms with Gasteiger partial charge in [0.1, 0.15) is 0 Å². The third-order valence-electron chi connectivity index (χ3n) is 7.35. The van der Waals surface area contributed by atoms with Crippen LogP contribution < -0.4 is 5.32 Å². The standard InChI is InChI=1S/C30H28N2O2/c33-28(14-15-29(34)32-16-6-1-7-17-32)31-27-19-21-18-26-22-9-3-2-8-20(22)12-13-25(26)30(21)24-11-5-4-10-23(24)27/h2-5,8-13,19H,1,6-7,14-18H2,(H,31,33). The topological polar surface area (TPSA) is 49.4 Å². The van der Waals surface area contributed by atoms with Gasteiger partial charge in [-0.2, -0.15) is 0 Å². The largest absolute Gasteiger partial charge is 0.343 e. The molecule has 34 heavy (non-hydrogen) atoms. The Bertz CT molecular complexity index is 1430. The Balaban J connectivity index is 1.29. The van der Waals surface area contributed by atoms with Gasteiger partial charge in [-0.3, -0.25) is 9.59 Å². The van der Waals surface area contributed by atoms with Crippen molar-refractivity contribution in [1.29, 1.82) is 0 Å². The van der Waals surface area contributed by atoms with Crippen molar-refractivity contribution in [3.8, 4) is 11.1 Å². The predicted octanol–water partition coefficient (Wildman–Crippen LogP) is 6.30. The molecule has 0 aromatic heterocycles. The fourth-order valence-electron chi connectivity index (χ4n) is 5.68. The highest BCUT2D eigenvalue weighted by Crippen LogP contribution is 2.46. The number of carbonyl (C=O) groups excluding carboxylic acids is 2. The maximum absolute atomic E-state index is 12.9. The molecule has 1 heterocycles. The Morgan fingerprint density at radius 2 is 1.53 bits per heavy atom. The molecule has 4 heteroatoms. The van der Waals surface area contributed by atoms with Crippen LogP contribution in [0.25, 0.3) is 32.7 Å². The molecule has 0 bridgehead atoms. The first kappa shape index (κ1) is 20.9. The van der Waals surface area contributed by atoms with Crippen molar-refractivity contribution in [1.82, 2.24) is 4.90 Å². The lowest BCUT2D eigenvalue weighted by atomic mass is 9.95. The Kier molecular flexibility index (Phi) is 5.29. The van der Waals surface area contributed by atoms with E-state index in [2.05, 4.69) is 66.0 Å². The number of benzene rings is 4. The van der Waals surface area contributed by atoms with Gasteiger partial charge < -0.3 is 10.2 Å². The number of carbonyl (C=O) groups is 2. The third kappa shape index (κ3) is 3.63. The van der Waals surface area contributed by atoms with Crippen LogP contribution in [0.2, 0.25) is 0 Å². The third-order valence-corrected chi connectivity index (χ3v) is 7.35. The highest BCUT2D eigenvalue weighted by Gasteiger charge is 2.25. The molecule has 0 radical (unpaired) electrons. The zero-order valence-corrected chi connectivity index (χ0v) is 19.3. The fourth-order valence-corrected chi connectivity index (χ4v) is 5.68. The number of piperidine rings is 1. The summed E-state index contributed by atoms with van der Waals surface area (Å²) in [5.41, 5.74) is 5.99. The van der Waals surface area contributed by atoms with Crippen LogP contribution in [-0.4, -0.2) is 29.8 Å². The van der Waals surface area contributed by atoms with E-state index in [1.165, 1.54) is 39.4 Å². The molecule has 2 amide bonds. The smallest absolute Gasteiger partial charge is 0.224 e. The van der Waals surface area contributed by atoms with Gasteiger partial charge >= 0.3 is 0 Å². The Morgan fingerprint density at radius 3 is 2.35 bits per heavy atom. The molecular weight excluding hydrogens is 420 g/mol. The second-order valence-corrected chi connectivity index (χ2v) is 9.48. The lowest BCUT2D eigenvalue weighted by Crippen LogP contribution is -2.35. The van der Waals surface area contributed by atoms with Gasteiger partial charge in [-0.1, -0.05) is 60.7 Å². The van der Waals surface area contributed by atoms with Gasteiger partial charge in [-0.15, -0.1) is 0 Å². The first-order valence-corrected chi connectivity index (χ1v) is 12.3. The quantitative estimate of drug-likeness (QED) is 0.351. The maximum Gasteiger partial charge on any atom is 0.224 e. The van der Waals surface area contributed by atoms with Gasteiger partial charge in [0.15, 0.2) is 0 Å². The summed E-state index contributed by atoms with van der Waals surface area (Å²) in [5, 5.41) is 7.88. The number of nitrogens with zero attached hydrogens (tertiary/aromatic N) is 1. The van der Waals surface area contributed by atoms with Gasteiger partial charge in [-0.25, -0.2) is 0 Å². The zero-order chi connectivity index (χ0) is 23.1. The Labute approximate surface area is 199 Å². The van der Waals surface area contributed by atoms with Crippen LogP contribution in [0.1, 0.15) is 43.2 Å². The second kappa shape index (κ2) is 8.60. The van der Waals surface area contributed by atoms with E-state index in [0.717, 1.165) is 48.8 Å². The van der Waals surface area contributed by atoms with Crippen molar-refractivity contribution < 1.29 is 9.59 Å². The van der Waals surface area contributed by atoms with Gasteiger partial charge in [0.05, 0.1) is 0 Å². The lowest BCUT2D eigenvalue weighted by Gasteiger charge is -2.26. The van der Waals surface area contributed by atoms with Crippen LogP contribution in [0.5, 0.6) is 0 Å². The van der Waals surface area contributed by atoms with Crippen LogP contribution in [0.4, 0.5) is 5.69 Å². The SMILES string of the molecule is O=C(CCC(=O)N1CCCCC1)Nc1cc2c(c3ccccc13)-c1ccc3ccccc3c1C2. The maximum atomic E-state index is 12.9. The van der Waals surface area contributed by atoms with Crippen LogP contribution in [-0.2, 0) is 16.0 Å². The summed E-state index contributed by atoms with van der Waals surface area (Å²) in [6.07, 6.45) is 4.66. The minimum Gasteiger partial charge on any atom is -0.343 e. The van der Waals surface area contributed by atoms with E-state index in [4.69, 9.17) is 0 Å². The van der Waals surface area contributed by atoms with Crippen LogP contribution >= 0.6 is 0 Å². The number of nitrogens with one attached hydrogen (secondary N) is 1. The highest BCUT2D eigenvalue weighted by atomic mass is 16.2. The van der Waals surface area contributed by atoms with E-state index in [9.17, 15) is 9.59 Å². The van der Waals surface area contributed by atoms with E-state index in [1.54, 1.807) is 0 Å². The molecule has 4 aromatic rings. The first-order chi connectivity index (χ1) is 16.7. The molecule has 1 aliphatic carbocycles. The summed E-state index contributed by atoms with van der Waals surface area (Å²) in [6, 6.07) is 23.4. The van der Waals surface area contributed by atoms with Crippen molar-refractivity contribution >= 4 is 39.0 Å². The number of rotatable bonds is 4. The molecule has 6 rings (SSSR count). The number of hydrogen-bond donors (Lipinski definition) is 1. The first-order valence-electron chi connectivity index (χ1n) is 12.3. The minimum atomic E-state index is -0.101. The second-order valence-electron chi connectivity index (χ2n) is 9.48. The van der Waals surface area contributed by atoms with Gasteiger partial charge in [0.25, 0.3) is 0 Å². The van der Waals surface area contributed by atoms with Gasteiger partial charge in [0.2, 0.25) is 11.8 Å². The van der Waals surface area contributed by atoms with Crippen molar-refractivity contribution in [3.05, 3.63) is 77.9 Å². The monoisotopic (exact) mass is 448 g/mol. The fraction of sp³-hybridized carbons (Fsp3) is 0.267.